The first-order chi connectivity index (χ1) is 3.71. The Morgan fingerprint density at radius 2 is 0.909 bits per heavy atom. The summed E-state index contributed by atoms with van der Waals surface area (Å²) >= 11 is 0. The third kappa shape index (κ3) is 19.9. The molecule has 1 N–H and O–H groups in total. The molecular weight excluding hydrogens is 220 g/mol. The van der Waals surface area contributed by atoms with Crippen LogP contribution < -0.4 is 107 Å². The van der Waals surface area contributed by atoms with Crippen LogP contribution in [0.5, 0.6) is 0 Å². The average molecular weight is 242 g/mol. The summed E-state index contributed by atoms with van der Waals surface area (Å²) in [5, 5.41) is 0. The van der Waals surface area contributed by atoms with Gasteiger partial charge in [0.05, 0.1) is 0 Å². The van der Waals surface area contributed by atoms with E-state index in [2.05, 4.69) is 43.9 Å². The van der Waals surface area contributed by atoms with Crippen LogP contribution in [0.15, 0.2) is 0 Å². The summed E-state index contributed by atoms with van der Waals surface area (Å²) in [6.07, 6.45) is 0. The van der Waals surface area contributed by atoms with E-state index in [4.69, 9.17) is 0 Å². The first kappa shape index (κ1) is 20.1. The molecule has 0 radical (unpaired) electrons. The topological polar surface area (TPSA) is 12.0 Å². The van der Waals surface area contributed by atoms with Crippen LogP contribution in [0, 0.1) is 0 Å². The molecule has 0 amide bonds. The maximum Gasteiger partial charge on any atom is 1.00 e. The van der Waals surface area contributed by atoms with E-state index >= 15 is 0 Å². The number of hydrogen-bond acceptors (Lipinski definition) is 1. The van der Waals surface area contributed by atoms with Gasteiger partial charge in [-0.2, -0.15) is 0 Å². The molecule has 60 valence electrons. The second-order valence-electron chi connectivity index (χ2n) is 4.62. The van der Waals surface area contributed by atoms with Gasteiger partial charge in [-0.05, 0) is 0 Å². The molecule has 0 saturated carbocycles. The molecule has 0 spiro atoms. The number of nitrogens with one attached hydrogen (secondary N) is 1. The zero-order chi connectivity index (χ0) is 7.71. The predicted octanol–water partition coefficient (Wildman–Crippen LogP) is -3.52. The largest absolute Gasteiger partial charge is 1.00 e. The first-order valence-electron chi connectivity index (χ1n) is 3.50. The van der Waals surface area contributed by atoms with Crippen molar-refractivity contribution in [1.82, 2.24) is 4.65 Å². The van der Waals surface area contributed by atoms with E-state index in [1.165, 1.54) is 0 Å². The Morgan fingerprint density at radius 1 is 0.727 bits per heavy atom. The predicted molar refractivity (Wildman–Crippen MR) is 52.1 cm³/mol. The smallest absolute Gasteiger partial charge is 1.00 e. The Morgan fingerprint density at radius 3 is 0.909 bits per heavy atom. The quantitative estimate of drug-likeness (QED) is 0.495. The fraction of sp³-hybridized carbons (Fsp3) is 1.00. The van der Waals surface area contributed by atoms with Gasteiger partial charge in [0.15, 0.2) is 0 Å². The summed E-state index contributed by atoms with van der Waals surface area (Å²) in [4.78, 5) is 0. The maximum absolute atomic E-state index is 3.74. The molecule has 0 aromatic rings. The first-order valence-corrected chi connectivity index (χ1v) is 10.5. The second-order valence-corrected chi connectivity index (χ2v) is 14.6. The molecular formula is C6H21K2NSi2. The van der Waals surface area contributed by atoms with Crippen molar-refractivity contribution < 1.29 is 106 Å². The van der Waals surface area contributed by atoms with Gasteiger partial charge in [0.25, 0.3) is 0 Å². The monoisotopic (exact) mass is 241 g/mol. The minimum atomic E-state index is -0.981. The van der Waals surface area contributed by atoms with E-state index < -0.39 is 16.5 Å². The molecule has 0 aliphatic carbocycles. The Hall–Kier alpha value is 3.67. The van der Waals surface area contributed by atoms with Gasteiger partial charge < -0.3 is 7.50 Å². The molecule has 0 bridgehead atoms. The van der Waals surface area contributed by atoms with Crippen molar-refractivity contribution >= 4 is 16.5 Å². The van der Waals surface area contributed by atoms with Gasteiger partial charge in [-0.1, -0.05) is 39.3 Å². The van der Waals surface area contributed by atoms with E-state index in [1.54, 1.807) is 0 Å². The normalized spacial score (nSPS) is 11.5. The summed E-state index contributed by atoms with van der Waals surface area (Å²) < 4.78 is 3.74. The van der Waals surface area contributed by atoms with Crippen molar-refractivity contribution in [3.63, 3.8) is 0 Å². The molecule has 0 aromatic carbocycles. The summed E-state index contributed by atoms with van der Waals surface area (Å²) in [6, 6.07) is 0. The van der Waals surface area contributed by atoms with Crippen LogP contribution in [-0.2, 0) is 0 Å². The molecule has 0 fully saturated rings. The van der Waals surface area contributed by atoms with Crippen LogP contribution in [0.2, 0.25) is 39.3 Å². The van der Waals surface area contributed by atoms with Crippen molar-refractivity contribution in [2.24, 2.45) is 0 Å². The van der Waals surface area contributed by atoms with Gasteiger partial charge in [-0.3, -0.25) is 0 Å². The van der Waals surface area contributed by atoms with E-state index in [0.29, 0.717) is 0 Å². The maximum atomic E-state index is 3.74. The van der Waals surface area contributed by atoms with Crippen molar-refractivity contribution in [3.05, 3.63) is 0 Å². The van der Waals surface area contributed by atoms with Crippen molar-refractivity contribution in [1.29, 1.82) is 0 Å². The number of hydrogen-bond donors (Lipinski definition) is 1. The zero-order valence-corrected chi connectivity index (χ0v) is 17.7. The van der Waals surface area contributed by atoms with Gasteiger partial charge in [-0.25, -0.2) is 0 Å². The average Bonchev–Trinajstić information content (AvgIpc) is 1.14. The third-order valence-corrected chi connectivity index (χ3v) is 6.75. The third-order valence-electron chi connectivity index (χ3n) is 0.750. The van der Waals surface area contributed by atoms with Gasteiger partial charge in [0, 0.05) is 0 Å². The van der Waals surface area contributed by atoms with Crippen LogP contribution in [0.3, 0.4) is 0 Å². The van der Waals surface area contributed by atoms with Crippen LogP contribution >= 0.6 is 0 Å². The van der Waals surface area contributed by atoms with Crippen molar-refractivity contribution in [2.75, 3.05) is 0 Å². The van der Waals surface area contributed by atoms with E-state index in [-0.39, 0.29) is 106 Å². The molecule has 0 rings (SSSR count). The molecule has 1 nitrogen and oxygen atoms in total. The van der Waals surface area contributed by atoms with Gasteiger partial charge in [0.1, 0.15) is 16.5 Å². The van der Waals surface area contributed by atoms with Crippen LogP contribution in [0.1, 0.15) is 2.85 Å². The van der Waals surface area contributed by atoms with E-state index in [9.17, 15) is 0 Å². The Kier molecular flexibility index (Phi) is 14.4. The molecule has 0 aromatic heterocycles. The molecule has 0 aliphatic rings. The summed E-state index contributed by atoms with van der Waals surface area (Å²) in [7, 11) is -1.96. The minimum absolute atomic E-state index is 0. The standard InChI is InChI=1S/C6H19NSi2.2K.2H/c1-8(2,3)7-9(4,5)6;;;;/h7H,1-6H3;;;;/q;2*+1;2*-1. The second kappa shape index (κ2) is 7.89. The molecule has 0 unspecified atom stereocenters. The van der Waals surface area contributed by atoms with Crippen molar-refractivity contribution in [3.8, 4) is 0 Å². The molecule has 0 atom stereocenters. The molecule has 5 heteroatoms. The zero-order valence-electron chi connectivity index (χ0n) is 11.5. The Bertz CT molecular complexity index is 91.8. The van der Waals surface area contributed by atoms with Gasteiger partial charge in [-0.15, -0.1) is 0 Å². The fourth-order valence-electron chi connectivity index (χ4n) is 1.12. The van der Waals surface area contributed by atoms with E-state index in [1.807, 2.05) is 0 Å². The molecule has 11 heavy (non-hydrogen) atoms. The molecule has 0 saturated heterocycles. The fourth-order valence-corrected chi connectivity index (χ4v) is 10.1. The van der Waals surface area contributed by atoms with Gasteiger partial charge in [0.2, 0.25) is 0 Å². The summed E-state index contributed by atoms with van der Waals surface area (Å²) in [6.45, 7) is 14.1. The Labute approximate surface area is 162 Å². The summed E-state index contributed by atoms with van der Waals surface area (Å²) in [5.41, 5.74) is 0. The SMILES string of the molecule is C[Si](C)(C)N[Si](C)(C)C.[H-].[H-].[K+].[K+]. The molecule has 0 aliphatic heterocycles. The Balaban J connectivity index is -0.0000000533. The molecule has 0 heterocycles. The van der Waals surface area contributed by atoms with Crippen LogP contribution in [0.4, 0.5) is 0 Å². The van der Waals surface area contributed by atoms with Crippen molar-refractivity contribution in [2.45, 2.75) is 39.3 Å². The van der Waals surface area contributed by atoms with E-state index in [0.717, 1.165) is 0 Å². The van der Waals surface area contributed by atoms with Crippen LogP contribution in [-0.4, -0.2) is 16.5 Å². The summed E-state index contributed by atoms with van der Waals surface area (Å²) in [5.74, 6) is 0. The van der Waals surface area contributed by atoms with Gasteiger partial charge >= 0.3 is 103 Å². The minimum Gasteiger partial charge on any atom is -1.00 e. The number of rotatable bonds is 2. The van der Waals surface area contributed by atoms with Crippen LogP contribution in [0.25, 0.3) is 0 Å².